The lowest BCUT2D eigenvalue weighted by atomic mass is 10.1. The molecule has 0 atom stereocenters. The topological polar surface area (TPSA) is 93.7 Å². The zero-order valence-electron chi connectivity index (χ0n) is 17.3. The van der Waals surface area contributed by atoms with Crippen LogP contribution in [0.25, 0.3) is 11.4 Å². The number of aromatic nitrogens is 2. The molecule has 8 heteroatoms. The number of anilines is 1. The summed E-state index contributed by atoms with van der Waals surface area (Å²) in [6.45, 7) is 9.79. The molecule has 0 spiro atoms. The van der Waals surface area contributed by atoms with E-state index in [1.54, 1.807) is 18.2 Å². The van der Waals surface area contributed by atoms with E-state index in [9.17, 15) is 9.59 Å². The Hall–Kier alpha value is -3.00. The van der Waals surface area contributed by atoms with E-state index in [1.165, 1.54) is 7.11 Å². The van der Waals surface area contributed by atoms with Crippen molar-refractivity contribution in [3.05, 3.63) is 42.2 Å². The average molecular weight is 400 g/mol. The van der Waals surface area contributed by atoms with Gasteiger partial charge in [-0.2, -0.15) is 0 Å². The van der Waals surface area contributed by atoms with Crippen molar-refractivity contribution in [3.8, 4) is 11.4 Å². The van der Waals surface area contributed by atoms with Gasteiger partial charge in [-0.15, -0.1) is 0 Å². The predicted molar refractivity (Wildman–Crippen MR) is 111 cm³/mol. The second kappa shape index (κ2) is 10.5. The first kappa shape index (κ1) is 22.3. The first-order valence-corrected chi connectivity index (χ1v) is 9.42. The number of rotatable bonds is 4. The van der Waals surface area contributed by atoms with Crippen LogP contribution in [-0.2, 0) is 14.3 Å². The molecule has 1 saturated heterocycles. The van der Waals surface area contributed by atoms with Crippen LogP contribution in [0, 0.1) is 0 Å². The zero-order valence-corrected chi connectivity index (χ0v) is 17.3. The highest BCUT2D eigenvalue weighted by Gasteiger charge is 2.12. The summed E-state index contributed by atoms with van der Waals surface area (Å²) in [5.74, 6) is 0.240. The highest BCUT2D eigenvalue weighted by Crippen LogP contribution is 2.19. The Balaban J connectivity index is 0.000000370. The molecule has 1 aliphatic rings. The molecule has 0 unspecified atom stereocenters. The van der Waals surface area contributed by atoms with Gasteiger partial charge < -0.3 is 19.7 Å². The molecule has 2 heterocycles. The third-order valence-electron chi connectivity index (χ3n) is 4.06. The highest BCUT2D eigenvalue weighted by molar-refractivity contribution is 5.90. The van der Waals surface area contributed by atoms with Crippen molar-refractivity contribution in [2.24, 2.45) is 0 Å². The van der Waals surface area contributed by atoms with Crippen LogP contribution < -0.4 is 10.2 Å². The van der Waals surface area contributed by atoms with Crippen LogP contribution in [0.4, 0.5) is 5.69 Å². The van der Waals surface area contributed by atoms with Gasteiger partial charge in [0.15, 0.2) is 5.82 Å². The lowest BCUT2D eigenvalue weighted by Gasteiger charge is -2.28. The molecule has 8 nitrogen and oxygen atoms in total. The third-order valence-corrected chi connectivity index (χ3v) is 4.06. The van der Waals surface area contributed by atoms with Gasteiger partial charge in [0.05, 0.1) is 30.8 Å². The van der Waals surface area contributed by atoms with Gasteiger partial charge in [-0.3, -0.25) is 4.79 Å². The molecule has 1 N–H and O–H groups in total. The SMILES string of the molecule is CC(C)(C)OC=O.COC(=O)c1cccc(-c2ncc(N3CCNCC3)cn2)c1. The molecule has 0 aliphatic carbocycles. The fraction of sp³-hybridized carbons (Fsp3) is 0.429. The molecule has 29 heavy (non-hydrogen) atoms. The van der Waals surface area contributed by atoms with Crippen molar-refractivity contribution in [3.63, 3.8) is 0 Å². The maximum absolute atomic E-state index is 11.6. The van der Waals surface area contributed by atoms with Crippen molar-refractivity contribution in [1.29, 1.82) is 0 Å². The lowest BCUT2D eigenvalue weighted by Crippen LogP contribution is -2.43. The van der Waals surface area contributed by atoms with Crippen LogP contribution in [-0.4, -0.2) is 61.3 Å². The molecular formula is C21H28N4O4. The molecule has 1 aromatic carbocycles. The van der Waals surface area contributed by atoms with E-state index in [4.69, 9.17) is 4.74 Å². The fourth-order valence-electron chi connectivity index (χ4n) is 2.60. The molecule has 2 aromatic rings. The third kappa shape index (κ3) is 7.15. The number of esters is 1. The van der Waals surface area contributed by atoms with Crippen LogP contribution >= 0.6 is 0 Å². The molecule has 3 rings (SSSR count). The van der Waals surface area contributed by atoms with Crippen molar-refractivity contribution in [2.45, 2.75) is 26.4 Å². The van der Waals surface area contributed by atoms with E-state index >= 15 is 0 Å². The quantitative estimate of drug-likeness (QED) is 0.617. The van der Waals surface area contributed by atoms with Crippen LogP contribution in [0.15, 0.2) is 36.7 Å². The van der Waals surface area contributed by atoms with Crippen LogP contribution in [0.2, 0.25) is 0 Å². The van der Waals surface area contributed by atoms with Gasteiger partial charge in [0, 0.05) is 31.7 Å². The molecule has 0 bridgehead atoms. The number of hydrogen-bond donors (Lipinski definition) is 1. The Bertz CT molecular complexity index is 797. The second-order valence-corrected chi connectivity index (χ2v) is 7.40. The number of ether oxygens (including phenoxy) is 2. The zero-order chi connectivity index (χ0) is 21.3. The standard InChI is InChI=1S/C16H18N4O2.C5H10O2/c1-22-16(21)13-4-2-3-12(9-13)15-18-10-14(11-19-15)20-7-5-17-6-8-20;1-5(2,3)7-4-6/h2-4,9-11,17H,5-8H2,1H3;4H,1-3H3. The monoisotopic (exact) mass is 400 g/mol. The number of benzene rings is 1. The van der Waals surface area contributed by atoms with Crippen molar-refractivity contribution in [2.75, 3.05) is 38.2 Å². The van der Waals surface area contributed by atoms with E-state index in [0.29, 0.717) is 17.9 Å². The maximum atomic E-state index is 11.6. The Morgan fingerprint density at radius 1 is 1.17 bits per heavy atom. The van der Waals surface area contributed by atoms with Gasteiger partial charge >= 0.3 is 5.97 Å². The minimum Gasteiger partial charge on any atom is -0.465 e. The summed E-state index contributed by atoms with van der Waals surface area (Å²) >= 11 is 0. The molecule has 156 valence electrons. The molecule has 0 amide bonds. The largest absolute Gasteiger partial charge is 0.465 e. The van der Waals surface area contributed by atoms with Gasteiger partial charge in [-0.1, -0.05) is 12.1 Å². The van der Waals surface area contributed by atoms with E-state index in [0.717, 1.165) is 37.4 Å². The summed E-state index contributed by atoms with van der Waals surface area (Å²) in [5, 5.41) is 3.32. The molecule has 1 aliphatic heterocycles. The number of nitrogens with one attached hydrogen (secondary N) is 1. The minimum atomic E-state index is -0.362. The predicted octanol–water partition coefficient (Wildman–Crippen LogP) is 2.30. The van der Waals surface area contributed by atoms with Crippen LogP contribution in [0.5, 0.6) is 0 Å². The van der Waals surface area contributed by atoms with E-state index in [2.05, 4.69) is 24.9 Å². The van der Waals surface area contributed by atoms with Crippen LogP contribution in [0.1, 0.15) is 31.1 Å². The van der Waals surface area contributed by atoms with Crippen LogP contribution in [0.3, 0.4) is 0 Å². The normalized spacial score (nSPS) is 13.7. The Morgan fingerprint density at radius 3 is 2.34 bits per heavy atom. The molecular weight excluding hydrogens is 372 g/mol. The molecule has 1 fully saturated rings. The number of methoxy groups -OCH3 is 1. The van der Waals surface area contributed by atoms with Crippen molar-refractivity contribution >= 4 is 18.1 Å². The smallest absolute Gasteiger partial charge is 0.337 e. The lowest BCUT2D eigenvalue weighted by molar-refractivity contribution is -0.138. The number of nitrogens with zero attached hydrogens (tertiary/aromatic N) is 3. The van der Waals surface area contributed by atoms with E-state index in [-0.39, 0.29) is 11.6 Å². The first-order valence-electron chi connectivity index (χ1n) is 9.42. The summed E-state index contributed by atoms with van der Waals surface area (Å²) in [5.41, 5.74) is 2.00. The van der Waals surface area contributed by atoms with Crippen molar-refractivity contribution < 1.29 is 19.1 Å². The number of hydrogen-bond acceptors (Lipinski definition) is 8. The van der Waals surface area contributed by atoms with Crippen molar-refractivity contribution in [1.82, 2.24) is 15.3 Å². The summed E-state index contributed by atoms with van der Waals surface area (Å²) in [6.07, 6.45) is 3.66. The minimum absolute atomic E-state index is 0.318. The molecule has 0 radical (unpaired) electrons. The number of carbonyl (C=O) groups excluding carboxylic acids is 2. The summed E-state index contributed by atoms with van der Waals surface area (Å²) < 4.78 is 9.28. The van der Waals surface area contributed by atoms with Gasteiger partial charge in [-0.05, 0) is 32.9 Å². The Labute approximate surface area is 171 Å². The highest BCUT2D eigenvalue weighted by atomic mass is 16.5. The summed E-state index contributed by atoms with van der Waals surface area (Å²) in [6, 6.07) is 7.14. The Kier molecular flexibility index (Phi) is 8.09. The summed E-state index contributed by atoms with van der Waals surface area (Å²) in [4.78, 5) is 32.3. The second-order valence-electron chi connectivity index (χ2n) is 7.40. The van der Waals surface area contributed by atoms with Gasteiger partial charge in [0.25, 0.3) is 6.47 Å². The number of piperazine rings is 1. The Morgan fingerprint density at radius 2 is 1.83 bits per heavy atom. The van der Waals surface area contributed by atoms with Gasteiger partial charge in [0.2, 0.25) is 0 Å². The van der Waals surface area contributed by atoms with E-state index < -0.39 is 0 Å². The molecule has 0 saturated carbocycles. The average Bonchev–Trinajstić information content (AvgIpc) is 2.73. The first-order chi connectivity index (χ1) is 13.8. The van der Waals surface area contributed by atoms with E-state index in [1.807, 2.05) is 39.2 Å². The van der Waals surface area contributed by atoms with Gasteiger partial charge in [-0.25, -0.2) is 14.8 Å². The fourth-order valence-corrected chi connectivity index (χ4v) is 2.60. The maximum Gasteiger partial charge on any atom is 0.337 e. The molecule has 1 aromatic heterocycles. The number of carbonyl (C=O) groups is 2. The van der Waals surface area contributed by atoms with Gasteiger partial charge in [0.1, 0.15) is 5.60 Å². The summed E-state index contributed by atoms with van der Waals surface area (Å²) in [7, 11) is 1.37.